The molecular weight excluding hydrogens is 370 g/mol. The molecule has 0 fully saturated rings. The van der Waals surface area contributed by atoms with E-state index in [2.05, 4.69) is 16.8 Å². The second kappa shape index (κ2) is 9.41. The molecule has 2 rings (SSSR count). The van der Waals surface area contributed by atoms with Crippen LogP contribution in [0.3, 0.4) is 0 Å². The highest BCUT2D eigenvalue weighted by Crippen LogP contribution is 2.28. The lowest BCUT2D eigenvalue weighted by atomic mass is 10.2. The number of allylic oxidation sites excluding steroid dienone is 1. The van der Waals surface area contributed by atoms with Gasteiger partial charge >= 0.3 is 0 Å². The molecule has 0 aliphatic heterocycles. The van der Waals surface area contributed by atoms with Crippen molar-refractivity contribution in [1.82, 2.24) is 19.7 Å². The summed E-state index contributed by atoms with van der Waals surface area (Å²) in [5.41, 5.74) is 0.890. The smallest absolute Gasteiger partial charge is 0.235 e. The van der Waals surface area contributed by atoms with Gasteiger partial charge in [-0.1, -0.05) is 29.4 Å². The van der Waals surface area contributed by atoms with Gasteiger partial charge in [-0.25, -0.2) is 0 Å². The Labute approximate surface area is 162 Å². The van der Waals surface area contributed by atoms with Crippen LogP contribution in [0.5, 0.6) is 0 Å². The summed E-state index contributed by atoms with van der Waals surface area (Å²) in [6.07, 6.45) is 2.07. The first-order chi connectivity index (χ1) is 12.5. The topological polar surface area (TPSA) is 74.8 Å². The molecule has 0 bridgehead atoms. The van der Waals surface area contributed by atoms with Crippen molar-refractivity contribution in [3.63, 3.8) is 0 Å². The number of benzene rings is 1. The molecule has 0 aliphatic rings. The molecule has 136 valence electrons. The molecule has 0 N–H and O–H groups in total. The standard InChI is InChI=1S/C18H20ClN5OS/c1-4-11-24-16(14-6-8-15(19)9-7-14)21-22-18(24)26-13(2)17(25)23(3)12-5-10-20/h4,6-9,13H,1,5,11-12H2,2-3H3/t13-/m0/s1. The summed E-state index contributed by atoms with van der Waals surface area (Å²) in [6, 6.07) is 9.40. The quantitative estimate of drug-likeness (QED) is 0.509. The molecule has 6 nitrogen and oxygen atoms in total. The molecule has 0 radical (unpaired) electrons. The van der Waals surface area contributed by atoms with E-state index in [1.165, 1.54) is 11.8 Å². The fourth-order valence-electron chi connectivity index (χ4n) is 2.33. The number of nitrogens with zero attached hydrogens (tertiary/aromatic N) is 5. The summed E-state index contributed by atoms with van der Waals surface area (Å²) < 4.78 is 1.92. The number of halogens is 1. The highest BCUT2D eigenvalue weighted by atomic mass is 35.5. The fourth-order valence-corrected chi connectivity index (χ4v) is 3.43. The summed E-state index contributed by atoms with van der Waals surface area (Å²) in [5.74, 6) is 0.646. The lowest BCUT2D eigenvalue weighted by Crippen LogP contribution is -2.34. The molecule has 1 aromatic carbocycles. The van der Waals surface area contributed by atoms with Gasteiger partial charge in [-0.2, -0.15) is 5.26 Å². The number of thioether (sulfide) groups is 1. The molecule has 0 saturated carbocycles. The predicted octanol–water partition coefficient (Wildman–Crippen LogP) is 3.64. The Kier molecular flexibility index (Phi) is 7.25. The first-order valence-electron chi connectivity index (χ1n) is 8.06. The van der Waals surface area contributed by atoms with Gasteiger partial charge in [0.25, 0.3) is 0 Å². The molecule has 8 heteroatoms. The summed E-state index contributed by atoms with van der Waals surface area (Å²) in [5, 5.41) is 18.1. The van der Waals surface area contributed by atoms with E-state index in [4.69, 9.17) is 16.9 Å². The number of carbonyl (C=O) groups is 1. The Morgan fingerprint density at radius 2 is 2.15 bits per heavy atom. The Bertz CT molecular complexity index is 812. The maximum Gasteiger partial charge on any atom is 0.235 e. The van der Waals surface area contributed by atoms with Crippen LogP contribution in [0.15, 0.2) is 42.1 Å². The zero-order chi connectivity index (χ0) is 19.1. The fraction of sp³-hybridized carbons (Fsp3) is 0.333. The van der Waals surface area contributed by atoms with E-state index >= 15 is 0 Å². The highest BCUT2D eigenvalue weighted by Gasteiger charge is 2.22. The third kappa shape index (κ3) is 4.87. The Morgan fingerprint density at radius 1 is 1.46 bits per heavy atom. The zero-order valence-electron chi connectivity index (χ0n) is 14.7. The molecule has 1 atom stereocenters. The van der Waals surface area contributed by atoms with Crippen molar-refractivity contribution in [2.45, 2.75) is 30.3 Å². The van der Waals surface area contributed by atoms with Crippen molar-refractivity contribution < 1.29 is 4.79 Å². The van der Waals surface area contributed by atoms with Crippen molar-refractivity contribution in [1.29, 1.82) is 5.26 Å². The normalized spacial score (nSPS) is 11.6. The molecule has 0 saturated heterocycles. The van der Waals surface area contributed by atoms with E-state index in [0.717, 1.165) is 5.56 Å². The van der Waals surface area contributed by atoms with Gasteiger partial charge in [0.2, 0.25) is 5.91 Å². The number of hydrogen-bond acceptors (Lipinski definition) is 5. The van der Waals surface area contributed by atoms with Crippen LogP contribution in [-0.2, 0) is 11.3 Å². The van der Waals surface area contributed by atoms with E-state index < -0.39 is 0 Å². The SMILES string of the molecule is C=CCn1c(S[C@@H](C)C(=O)N(C)CCC#N)nnc1-c1ccc(Cl)cc1. The molecule has 0 unspecified atom stereocenters. The number of nitriles is 1. The van der Waals surface area contributed by atoms with Crippen LogP contribution in [-0.4, -0.2) is 44.4 Å². The van der Waals surface area contributed by atoms with Crippen LogP contribution in [0.2, 0.25) is 5.02 Å². The summed E-state index contributed by atoms with van der Waals surface area (Å²) in [4.78, 5) is 14.0. The minimum Gasteiger partial charge on any atom is -0.344 e. The Balaban J connectivity index is 2.21. The van der Waals surface area contributed by atoms with Gasteiger partial charge in [0.05, 0.1) is 17.7 Å². The molecule has 1 aromatic heterocycles. The van der Waals surface area contributed by atoms with Crippen molar-refractivity contribution in [3.05, 3.63) is 41.9 Å². The summed E-state index contributed by atoms with van der Waals surface area (Å²) >= 11 is 7.29. The minimum absolute atomic E-state index is 0.0496. The minimum atomic E-state index is -0.343. The number of hydrogen-bond donors (Lipinski definition) is 0. The average molecular weight is 390 g/mol. The maximum absolute atomic E-state index is 12.4. The largest absolute Gasteiger partial charge is 0.344 e. The van der Waals surface area contributed by atoms with Gasteiger partial charge in [-0.3, -0.25) is 9.36 Å². The van der Waals surface area contributed by atoms with Crippen LogP contribution in [0.1, 0.15) is 13.3 Å². The predicted molar refractivity (Wildman–Crippen MR) is 104 cm³/mol. The number of aromatic nitrogens is 3. The lowest BCUT2D eigenvalue weighted by molar-refractivity contribution is -0.128. The van der Waals surface area contributed by atoms with Gasteiger partial charge in [0.15, 0.2) is 11.0 Å². The molecule has 26 heavy (non-hydrogen) atoms. The van der Waals surface area contributed by atoms with E-state index in [1.54, 1.807) is 30.2 Å². The van der Waals surface area contributed by atoms with Crippen molar-refractivity contribution in [2.24, 2.45) is 0 Å². The number of carbonyl (C=O) groups excluding carboxylic acids is 1. The van der Waals surface area contributed by atoms with E-state index in [-0.39, 0.29) is 11.2 Å². The highest BCUT2D eigenvalue weighted by molar-refractivity contribution is 8.00. The second-order valence-electron chi connectivity index (χ2n) is 5.64. The second-order valence-corrected chi connectivity index (χ2v) is 7.38. The molecule has 1 heterocycles. The van der Waals surface area contributed by atoms with Gasteiger partial charge < -0.3 is 4.90 Å². The average Bonchev–Trinajstić information content (AvgIpc) is 3.02. The van der Waals surface area contributed by atoms with Crippen LogP contribution in [0.4, 0.5) is 0 Å². The monoisotopic (exact) mass is 389 g/mol. The number of rotatable bonds is 8. The first-order valence-corrected chi connectivity index (χ1v) is 9.32. The van der Waals surface area contributed by atoms with Gasteiger partial charge in [-0.15, -0.1) is 16.8 Å². The zero-order valence-corrected chi connectivity index (χ0v) is 16.3. The van der Waals surface area contributed by atoms with E-state index in [9.17, 15) is 4.79 Å². The van der Waals surface area contributed by atoms with Gasteiger partial charge in [0, 0.05) is 30.7 Å². The third-order valence-electron chi connectivity index (χ3n) is 3.70. The van der Waals surface area contributed by atoms with Gasteiger partial charge in [0.1, 0.15) is 0 Å². The lowest BCUT2D eigenvalue weighted by Gasteiger charge is -2.19. The number of amides is 1. The Morgan fingerprint density at radius 3 is 2.77 bits per heavy atom. The molecule has 0 spiro atoms. The first kappa shape index (κ1) is 20.0. The van der Waals surface area contributed by atoms with Crippen molar-refractivity contribution in [2.75, 3.05) is 13.6 Å². The van der Waals surface area contributed by atoms with Crippen molar-refractivity contribution in [3.8, 4) is 17.5 Å². The third-order valence-corrected chi connectivity index (χ3v) is 5.02. The van der Waals surface area contributed by atoms with E-state index in [1.807, 2.05) is 29.7 Å². The van der Waals surface area contributed by atoms with E-state index in [0.29, 0.717) is 35.5 Å². The Hall–Kier alpha value is -2.30. The van der Waals surface area contributed by atoms with Gasteiger partial charge in [-0.05, 0) is 31.2 Å². The van der Waals surface area contributed by atoms with Crippen LogP contribution >= 0.6 is 23.4 Å². The molecule has 1 amide bonds. The van der Waals surface area contributed by atoms with Crippen molar-refractivity contribution >= 4 is 29.3 Å². The van der Waals surface area contributed by atoms with Crippen LogP contribution < -0.4 is 0 Å². The molecule has 2 aromatic rings. The summed E-state index contributed by atoms with van der Waals surface area (Å²) in [7, 11) is 1.70. The molecular formula is C18H20ClN5OS. The maximum atomic E-state index is 12.4. The van der Waals surface area contributed by atoms with Crippen LogP contribution in [0, 0.1) is 11.3 Å². The summed E-state index contributed by atoms with van der Waals surface area (Å²) in [6.45, 7) is 6.55. The molecule has 0 aliphatic carbocycles. The van der Waals surface area contributed by atoms with Crippen LogP contribution in [0.25, 0.3) is 11.4 Å².